The van der Waals surface area contributed by atoms with E-state index >= 15 is 0 Å². The van der Waals surface area contributed by atoms with Gasteiger partial charge in [-0.3, -0.25) is 0 Å². The molecule has 2 nitrogen and oxygen atoms in total. The van der Waals surface area contributed by atoms with Crippen LogP contribution in [-0.2, 0) is 6.42 Å². The summed E-state index contributed by atoms with van der Waals surface area (Å²) in [6, 6.07) is 25.3. The van der Waals surface area contributed by atoms with Crippen LogP contribution in [0.3, 0.4) is 0 Å². The molecule has 0 heterocycles. The van der Waals surface area contributed by atoms with Gasteiger partial charge in [-0.1, -0.05) is 66.7 Å². The Labute approximate surface area is 181 Å². The van der Waals surface area contributed by atoms with Crippen LogP contribution in [0.25, 0.3) is 10.8 Å². The first-order chi connectivity index (χ1) is 14.4. The van der Waals surface area contributed by atoms with E-state index in [-0.39, 0.29) is 0 Å². The van der Waals surface area contributed by atoms with Gasteiger partial charge in [-0.25, -0.2) is 0 Å². The zero-order chi connectivity index (χ0) is 21.1. The van der Waals surface area contributed by atoms with Crippen molar-refractivity contribution >= 4 is 10.8 Å². The normalized spacial score (nSPS) is 20.5. The van der Waals surface area contributed by atoms with Crippen LogP contribution >= 0.6 is 0 Å². The number of hydrogen-bond donors (Lipinski definition) is 2. The first kappa shape index (κ1) is 21.1. The molecule has 3 atom stereocenters. The highest BCUT2D eigenvalue weighted by molar-refractivity contribution is 5.86. The number of aliphatic hydroxyl groups is 1. The summed E-state index contributed by atoms with van der Waals surface area (Å²) < 4.78 is 0. The molecular formula is C28H35NO. The van der Waals surface area contributed by atoms with Crippen molar-refractivity contribution in [2.45, 2.75) is 76.5 Å². The van der Waals surface area contributed by atoms with E-state index in [9.17, 15) is 5.11 Å². The van der Waals surface area contributed by atoms with Gasteiger partial charge in [0, 0.05) is 12.1 Å². The summed E-state index contributed by atoms with van der Waals surface area (Å²) in [6.45, 7) is 6.06. The highest BCUT2D eigenvalue weighted by Crippen LogP contribution is 2.36. The number of benzene rings is 3. The number of nitrogens with one attached hydrogen (secondary N) is 1. The maximum atomic E-state index is 9.94. The molecule has 0 bridgehead atoms. The molecule has 4 rings (SSSR count). The van der Waals surface area contributed by atoms with Gasteiger partial charge in [0.25, 0.3) is 0 Å². The van der Waals surface area contributed by atoms with E-state index < -0.39 is 5.60 Å². The first-order valence-corrected chi connectivity index (χ1v) is 11.4. The molecule has 3 aromatic carbocycles. The zero-order valence-electron chi connectivity index (χ0n) is 18.6. The summed E-state index contributed by atoms with van der Waals surface area (Å²) in [7, 11) is 0. The molecule has 0 saturated heterocycles. The lowest BCUT2D eigenvalue weighted by Gasteiger charge is -2.22. The average Bonchev–Trinajstić information content (AvgIpc) is 3.20. The molecule has 158 valence electrons. The lowest BCUT2D eigenvalue weighted by molar-refractivity contribution is 0.0714. The van der Waals surface area contributed by atoms with Gasteiger partial charge < -0.3 is 10.4 Å². The highest BCUT2D eigenvalue weighted by atomic mass is 16.3. The van der Waals surface area contributed by atoms with Gasteiger partial charge in [-0.15, -0.1) is 0 Å². The molecule has 2 N–H and O–H groups in total. The Kier molecular flexibility index (Phi) is 6.26. The predicted octanol–water partition coefficient (Wildman–Crippen LogP) is 6.53. The molecule has 1 unspecified atom stereocenters. The van der Waals surface area contributed by atoms with E-state index in [2.05, 4.69) is 79.0 Å². The fourth-order valence-corrected chi connectivity index (χ4v) is 4.91. The Morgan fingerprint density at radius 1 is 0.967 bits per heavy atom. The summed E-state index contributed by atoms with van der Waals surface area (Å²) >= 11 is 0. The van der Waals surface area contributed by atoms with Crippen LogP contribution in [0.1, 0.15) is 75.1 Å². The fourth-order valence-electron chi connectivity index (χ4n) is 4.91. The fraction of sp³-hybridized carbons (Fsp3) is 0.429. The summed E-state index contributed by atoms with van der Waals surface area (Å²) in [5, 5.41) is 16.5. The largest absolute Gasteiger partial charge is 0.390 e. The summed E-state index contributed by atoms with van der Waals surface area (Å²) in [5.74, 6) is 0.644. The number of fused-ring (bicyclic) bond motifs is 1. The zero-order valence-corrected chi connectivity index (χ0v) is 18.6. The van der Waals surface area contributed by atoms with Crippen LogP contribution in [0, 0.1) is 0 Å². The molecule has 0 radical (unpaired) electrons. The highest BCUT2D eigenvalue weighted by Gasteiger charge is 2.27. The first-order valence-electron chi connectivity index (χ1n) is 11.4. The van der Waals surface area contributed by atoms with Gasteiger partial charge in [0.1, 0.15) is 0 Å². The van der Waals surface area contributed by atoms with Gasteiger partial charge in [0.15, 0.2) is 0 Å². The third-order valence-corrected chi connectivity index (χ3v) is 6.68. The van der Waals surface area contributed by atoms with Crippen LogP contribution in [0.5, 0.6) is 0 Å². The molecule has 2 heteroatoms. The minimum absolute atomic E-state index is 0.351. The van der Waals surface area contributed by atoms with Gasteiger partial charge in [-0.2, -0.15) is 0 Å². The second-order valence-corrected chi connectivity index (χ2v) is 9.72. The predicted molar refractivity (Wildman–Crippen MR) is 127 cm³/mol. The Bertz CT molecular complexity index is 965. The third kappa shape index (κ3) is 5.11. The van der Waals surface area contributed by atoms with E-state index in [0.717, 1.165) is 12.8 Å². The molecule has 0 aromatic heterocycles. The van der Waals surface area contributed by atoms with Gasteiger partial charge >= 0.3 is 0 Å². The maximum absolute atomic E-state index is 9.94. The van der Waals surface area contributed by atoms with E-state index in [0.29, 0.717) is 18.0 Å². The van der Waals surface area contributed by atoms with Crippen molar-refractivity contribution in [2.24, 2.45) is 0 Å². The van der Waals surface area contributed by atoms with Crippen molar-refractivity contribution in [1.82, 2.24) is 5.32 Å². The maximum Gasteiger partial charge on any atom is 0.0594 e. The van der Waals surface area contributed by atoms with Gasteiger partial charge in [-0.05, 0) is 86.3 Å². The number of aryl methyl sites for hydroxylation is 1. The SMILES string of the molecule is CC(N[C@H]1CC[C@H](c2ccc(CCC(C)(C)O)cc2)C1)c1cccc2ccccc12. The summed E-state index contributed by atoms with van der Waals surface area (Å²) in [4.78, 5) is 0. The van der Waals surface area contributed by atoms with Crippen molar-refractivity contribution in [1.29, 1.82) is 0 Å². The van der Waals surface area contributed by atoms with Crippen molar-refractivity contribution in [3.63, 3.8) is 0 Å². The standard InChI is InChI=1S/C28H35NO/c1-20(26-10-6-8-23-7-4-5-9-27(23)26)29-25-16-15-24(19-25)22-13-11-21(12-14-22)17-18-28(2,3)30/h4-14,20,24-25,29-30H,15-19H2,1-3H3/t20?,24-,25-/m0/s1. The quantitative estimate of drug-likeness (QED) is 0.472. The Morgan fingerprint density at radius 3 is 2.47 bits per heavy atom. The number of rotatable bonds is 7. The summed E-state index contributed by atoms with van der Waals surface area (Å²) in [6.07, 6.45) is 5.43. The second-order valence-electron chi connectivity index (χ2n) is 9.72. The lowest BCUT2D eigenvalue weighted by atomic mass is 9.94. The average molecular weight is 402 g/mol. The van der Waals surface area contributed by atoms with E-state index in [1.807, 2.05) is 13.8 Å². The number of hydrogen-bond acceptors (Lipinski definition) is 2. The van der Waals surface area contributed by atoms with Crippen molar-refractivity contribution in [2.75, 3.05) is 0 Å². The Morgan fingerprint density at radius 2 is 1.70 bits per heavy atom. The molecule has 0 amide bonds. The van der Waals surface area contributed by atoms with E-state index in [4.69, 9.17) is 0 Å². The molecule has 30 heavy (non-hydrogen) atoms. The van der Waals surface area contributed by atoms with Gasteiger partial charge in [0.05, 0.1) is 5.60 Å². The molecule has 1 aliphatic carbocycles. The van der Waals surface area contributed by atoms with E-state index in [1.54, 1.807) is 0 Å². The molecule has 1 saturated carbocycles. The second kappa shape index (κ2) is 8.91. The molecule has 1 aliphatic rings. The van der Waals surface area contributed by atoms with Crippen LogP contribution in [0.15, 0.2) is 66.7 Å². The molecule has 1 fully saturated rings. The van der Waals surface area contributed by atoms with Crippen LogP contribution in [-0.4, -0.2) is 16.7 Å². The lowest BCUT2D eigenvalue weighted by Crippen LogP contribution is -2.29. The van der Waals surface area contributed by atoms with Gasteiger partial charge in [0.2, 0.25) is 0 Å². The van der Waals surface area contributed by atoms with Crippen molar-refractivity contribution in [3.05, 3.63) is 83.4 Å². The van der Waals surface area contributed by atoms with E-state index in [1.165, 1.54) is 46.7 Å². The van der Waals surface area contributed by atoms with Crippen molar-refractivity contribution in [3.8, 4) is 0 Å². The molecule has 0 aliphatic heterocycles. The monoisotopic (exact) mass is 401 g/mol. The Balaban J connectivity index is 1.36. The molecule has 3 aromatic rings. The smallest absolute Gasteiger partial charge is 0.0594 e. The topological polar surface area (TPSA) is 32.3 Å². The van der Waals surface area contributed by atoms with Crippen LogP contribution in [0.2, 0.25) is 0 Å². The minimum Gasteiger partial charge on any atom is -0.390 e. The van der Waals surface area contributed by atoms with Crippen LogP contribution < -0.4 is 5.32 Å². The van der Waals surface area contributed by atoms with Crippen LogP contribution in [0.4, 0.5) is 0 Å². The molecular weight excluding hydrogens is 366 g/mol. The Hall–Kier alpha value is -2.16. The summed E-state index contributed by atoms with van der Waals surface area (Å²) in [5.41, 5.74) is 3.58. The minimum atomic E-state index is -0.593. The van der Waals surface area contributed by atoms with Crippen molar-refractivity contribution < 1.29 is 5.11 Å². The third-order valence-electron chi connectivity index (χ3n) is 6.68. The molecule has 0 spiro atoms.